The zero-order valence-corrected chi connectivity index (χ0v) is 11.7. The van der Waals surface area contributed by atoms with Gasteiger partial charge in [0.05, 0.1) is 5.54 Å². The van der Waals surface area contributed by atoms with E-state index in [-0.39, 0.29) is 11.9 Å². The van der Waals surface area contributed by atoms with Gasteiger partial charge in [0.15, 0.2) is 0 Å². The Bertz CT molecular complexity index is 436. The van der Waals surface area contributed by atoms with Gasteiger partial charge in [0.25, 0.3) is 0 Å². The van der Waals surface area contributed by atoms with Crippen LogP contribution in [0.25, 0.3) is 0 Å². The van der Waals surface area contributed by atoms with Crippen LogP contribution in [0.15, 0.2) is 24.3 Å². The maximum absolute atomic E-state index is 12.4. The van der Waals surface area contributed by atoms with E-state index in [1.807, 2.05) is 18.7 Å². The highest BCUT2D eigenvalue weighted by Crippen LogP contribution is 2.19. The Kier molecular flexibility index (Phi) is 3.44. The molecule has 1 aromatic carbocycles. The third kappa shape index (κ3) is 2.56. The normalized spacial score (nSPS) is 23.2. The van der Waals surface area contributed by atoms with Crippen LogP contribution in [0.1, 0.15) is 31.9 Å². The van der Waals surface area contributed by atoms with Crippen LogP contribution in [0.2, 0.25) is 0 Å². The van der Waals surface area contributed by atoms with E-state index in [0.29, 0.717) is 6.54 Å². The monoisotopic (exact) mass is 246 g/mol. The molecule has 98 valence electrons. The highest BCUT2D eigenvalue weighted by molar-refractivity contribution is 5.86. The summed E-state index contributed by atoms with van der Waals surface area (Å²) in [6.45, 7) is 9.61. The lowest BCUT2D eigenvalue weighted by molar-refractivity contribution is -0.143. The van der Waals surface area contributed by atoms with Crippen LogP contribution >= 0.6 is 0 Å². The first-order valence-electron chi connectivity index (χ1n) is 6.52. The predicted molar refractivity (Wildman–Crippen MR) is 73.3 cm³/mol. The summed E-state index contributed by atoms with van der Waals surface area (Å²) in [7, 11) is 0. The summed E-state index contributed by atoms with van der Waals surface area (Å²) in [5, 5.41) is 3.29. The molecule has 0 spiro atoms. The minimum atomic E-state index is -0.447. The van der Waals surface area contributed by atoms with Gasteiger partial charge in [-0.3, -0.25) is 4.79 Å². The number of carbonyl (C=O) groups excluding carboxylic acids is 1. The lowest BCUT2D eigenvalue weighted by Crippen LogP contribution is -2.64. The standard InChI is InChI=1S/C15H22N2O/c1-11-5-7-13(8-6-11)10-17-12(2)9-16-15(3,4)14(17)18/h5-8,12,16H,9-10H2,1-4H3. The molecule has 0 aromatic heterocycles. The first-order valence-corrected chi connectivity index (χ1v) is 6.52. The highest BCUT2D eigenvalue weighted by Gasteiger charge is 2.38. The van der Waals surface area contributed by atoms with Crippen molar-refractivity contribution in [3.63, 3.8) is 0 Å². The molecule has 1 fully saturated rings. The van der Waals surface area contributed by atoms with Crippen molar-refractivity contribution in [3.05, 3.63) is 35.4 Å². The topological polar surface area (TPSA) is 32.3 Å². The number of nitrogens with zero attached hydrogens (tertiary/aromatic N) is 1. The van der Waals surface area contributed by atoms with Gasteiger partial charge in [0, 0.05) is 19.1 Å². The van der Waals surface area contributed by atoms with Gasteiger partial charge in [0.2, 0.25) is 5.91 Å². The van der Waals surface area contributed by atoms with Crippen molar-refractivity contribution in [2.24, 2.45) is 0 Å². The molecule has 1 unspecified atom stereocenters. The lowest BCUT2D eigenvalue weighted by Gasteiger charge is -2.42. The molecule has 1 aliphatic rings. The van der Waals surface area contributed by atoms with Gasteiger partial charge in [-0.15, -0.1) is 0 Å². The molecular weight excluding hydrogens is 224 g/mol. The third-order valence-corrected chi connectivity index (χ3v) is 3.64. The molecule has 0 bridgehead atoms. The Hall–Kier alpha value is -1.35. The molecule has 1 saturated heterocycles. The van der Waals surface area contributed by atoms with Crippen LogP contribution in [-0.2, 0) is 11.3 Å². The Morgan fingerprint density at radius 3 is 2.56 bits per heavy atom. The van der Waals surface area contributed by atoms with Gasteiger partial charge >= 0.3 is 0 Å². The number of hydrogen-bond acceptors (Lipinski definition) is 2. The summed E-state index contributed by atoms with van der Waals surface area (Å²) in [6, 6.07) is 8.64. The maximum Gasteiger partial charge on any atom is 0.242 e. The quantitative estimate of drug-likeness (QED) is 0.866. The first-order chi connectivity index (χ1) is 8.40. The lowest BCUT2D eigenvalue weighted by atomic mass is 9.97. The summed E-state index contributed by atoms with van der Waals surface area (Å²) in [5.41, 5.74) is 1.99. The molecule has 1 atom stereocenters. The molecule has 0 saturated carbocycles. The van der Waals surface area contributed by atoms with Crippen molar-refractivity contribution < 1.29 is 4.79 Å². The molecule has 3 nitrogen and oxygen atoms in total. The van der Waals surface area contributed by atoms with Crippen LogP contribution in [0.5, 0.6) is 0 Å². The number of amides is 1. The summed E-state index contributed by atoms with van der Waals surface area (Å²) >= 11 is 0. The number of aryl methyl sites for hydroxylation is 1. The molecule has 1 aromatic rings. The van der Waals surface area contributed by atoms with Gasteiger partial charge in [-0.1, -0.05) is 29.8 Å². The fourth-order valence-corrected chi connectivity index (χ4v) is 2.27. The Balaban J connectivity index is 2.16. The average molecular weight is 246 g/mol. The second kappa shape index (κ2) is 4.73. The first kappa shape index (κ1) is 13.1. The van der Waals surface area contributed by atoms with Crippen molar-refractivity contribution in [3.8, 4) is 0 Å². The van der Waals surface area contributed by atoms with E-state index in [2.05, 4.69) is 43.4 Å². The summed E-state index contributed by atoms with van der Waals surface area (Å²) in [4.78, 5) is 14.4. The van der Waals surface area contributed by atoms with Crippen LogP contribution in [0, 0.1) is 6.92 Å². The number of carbonyl (C=O) groups is 1. The SMILES string of the molecule is Cc1ccc(CN2C(=O)C(C)(C)NCC2C)cc1. The van der Waals surface area contributed by atoms with Crippen LogP contribution in [-0.4, -0.2) is 28.9 Å². The van der Waals surface area contributed by atoms with Gasteiger partial charge in [-0.05, 0) is 33.3 Å². The Morgan fingerprint density at radius 2 is 1.94 bits per heavy atom. The minimum absolute atomic E-state index is 0.182. The zero-order valence-electron chi connectivity index (χ0n) is 11.7. The third-order valence-electron chi connectivity index (χ3n) is 3.64. The van der Waals surface area contributed by atoms with Crippen LogP contribution in [0.3, 0.4) is 0 Å². The van der Waals surface area contributed by atoms with E-state index >= 15 is 0 Å². The average Bonchev–Trinajstić information content (AvgIpc) is 2.33. The number of rotatable bonds is 2. The molecule has 0 aliphatic carbocycles. The molecular formula is C15H22N2O. The van der Waals surface area contributed by atoms with Crippen molar-refractivity contribution in [1.29, 1.82) is 0 Å². The number of hydrogen-bond donors (Lipinski definition) is 1. The summed E-state index contributed by atoms with van der Waals surface area (Å²) in [6.07, 6.45) is 0. The molecule has 18 heavy (non-hydrogen) atoms. The fourth-order valence-electron chi connectivity index (χ4n) is 2.27. The van der Waals surface area contributed by atoms with Crippen molar-refractivity contribution in [1.82, 2.24) is 10.2 Å². The molecule has 3 heteroatoms. The fraction of sp³-hybridized carbons (Fsp3) is 0.533. The molecule has 1 aliphatic heterocycles. The second-order valence-electron chi connectivity index (χ2n) is 5.77. The predicted octanol–water partition coefficient (Wildman–Crippen LogP) is 2.09. The van der Waals surface area contributed by atoms with Gasteiger partial charge in [0.1, 0.15) is 0 Å². The molecule has 0 radical (unpaired) electrons. The second-order valence-corrected chi connectivity index (χ2v) is 5.77. The Morgan fingerprint density at radius 1 is 1.33 bits per heavy atom. The van der Waals surface area contributed by atoms with Crippen LogP contribution in [0.4, 0.5) is 0 Å². The largest absolute Gasteiger partial charge is 0.333 e. The molecule has 2 rings (SSSR count). The number of nitrogens with one attached hydrogen (secondary N) is 1. The van der Waals surface area contributed by atoms with E-state index < -0.39 is 5.54 Å². The molecule has 1 N–H and O–H groups in total. The van der Waals surface area contributed by atoms with E-state index in [9.17, 15) is 4.79 Å². The van der Waals surface area contributed by atoms with E-state index in [1.54, 1.807) is 0 Å². The van der Waals surface area contributed by atoms with Crippen molar-refractivity contribution in [2.45, 2.75) is 45.8 Å². The summed E-state index contributed by atoms with van der Waals surface area (Å²) < 4.78 is 0. The minimum Gasteiger partial charge on any atom is -0.333 e. The van der Waals surface area contributed by atoms with E-state index in [0.717, 1.165) is 6.54 Å². The van der Waals surface area contributed by atoms with E-state index in [4.69, 9.17) is 0 Å². The smallest absolute Gasteiger partial charge is 0.242 e. The van der Waals surface area contributed by atoms with E-state index in [1.165, 1.54) is 11.1 Å². The molecule has 1 amide bonds. The Labute approximate surface area is 109 Å². The van der Waals surface area contributed by atoms with Gasteiger partial charge < -0.3 is 10.2 Å². The van der Waals surface area contributed by atoms with Gasteiger partial charge in [-0.2, -0.15) is 0 Å². The zero-order chi connectivity index (χ0) is 13.3. The number of piperazine rings is 1. The van der Waals surface area contributed by atoms with Crippen molar-refractivity contribution >= 4 is 5.91 Å². The van der Waals surface area contributed by atoms with Gasteiger partial charge in [-0.25, -0.2) is 0 Å². The highest BCUT2D eigenvalue weighted by atomic mass is 16.2. The maximum atomic E-state index is 12.4. The van der Waals surface area contributed by atoms with Crippen molar-refractivity contribution in [2.75, 3.05) is 6.54 Å². The van der Waals surface area contributed by atoms with Crippen LogP contribution < -0.4 is 5.32 Å². The summed E-state index contributed by atoms with van der Waals surface area (Å²) in [5.74, 6) is 0.182. The number of benzene rings is 1. The molecule has 1 heterocycles.